The van der Waals surface area contributed by atoms with Crippen LogP contribution in [-0.2, 0) is 32.3 Å². The van der Waals surface area contributed by atoms with Gasteiger partial charge in [0.25, 0.3) is 0 Å². The maximum atomic E-state index is 12.8. The molecule has 0 fully saturated rings. The first-order valence-electron chi connectivity index (χ1n) is 18.0. The Kier molecular flexibility index (Phi) is 27.0. The van der Waals surface area contributed by atoms with Gasteiger partial charge in [0.05, 0.1) is 24.5 Å². The van der Waals surface area contributed by atoms with Gasteiger partial charge in [-0.05, 0) is 52.2 Å². The van der Waals surface area contributed by atoms with Gasteiger partial charge in [-0.3, -0.25) is 9.59 Å². The van der Waals surface area contributed by atoms with Crippen molar-refractivity contribution in [1.29, 1.82) is 0 Å². The molecule has 0 saturated carbocycles. The molecule has 1 atom stereocenters. The Bertz CT molecular complexity index is 724. The van der Waals surface area contributed by atoms with E-state index in [0.717, 1.165) is 37.5 Å². The summed E-state index contributed by atoms with van der Waals surface area (Å²) in [5, 5.41) is 0. The molecule has 0 aromatic rings. The van der Waals surface area contributed by atoms with Gasteiger partial charge in [0, 0.05) is 33.1 Å². The zero-order valence-corrected chi connectivity index (χ0v) is 32.6. The summed E-state index contributed by atoms with van der Waals surface area (Å²) >= 11 is 1.73. The lowest BCUT2D eigenvalue weighted by atomic mass is 9.81. The maximum Gasteiger partial charge on any atom is 0.500 e. The topological polar surface area (TPSA) is 80.3 Å². The highest BCUT2D eigenvalue weighted by atomic mass is 32.2. The number of hydrogen-bond donors (Lipinski definition) is 0. The summed E-state index contributed by atoms with van der Waals surface area (Å²) in [5.74, 6) is 1.19. The van der Waals surface area contributed by atoms with Crippen LogP contribution >= 0.6 is 11.8 Å². The Hall–Kier alpha value is -0.613. The molecule has 0 aliphatic carbocycles. The lowest BCUT2D eigenvalue weighted by molar-refractivity contribution is -0.154. The number of carbonyl (C=O) groups excluding carboxylic acids is 2. The minimum Gasteiger partial charge on any atom is -0.469 e. The summed E-state index contributed by atoms with van der Waals surface area (Å²) in [6.45, 7) is 8.64. The molecule has 0 radical (unpaired) electrons. The Morgan fingerprint density at radius 3 is 1.51 bits per heavy atom. The van der Waals surface area contributed by atoms with Crippen LogP contribution in [0.1, 0.15) is 156 Å². The third-order valence-electron chi connectivity index (χ3n) is 9.12. The number of rotatable bonds is 32. The summed E-state index contributed by atoms with van der Waals surface area (Å²) < 4.78 is 27.3. The van der Waals surface area contributed by atoms with Gasteiger partial charge in [-0.25, -0.2) is 0 Å². The minimum absolute atomic E-state index is 0.139. The number of carbonyl (C=O) groups is 2. The van der Waals surface area contributed by atoms with Gasteiger partial charge < -0.3 is 22.8 Å². The monoisotopic (exact) mass is 676 g/mol. The van der Waals surface area contributed by atoms with Gasteiger partial charge in [-0.1, -0.05) is 110 Å². The molecule has 0 aliphatic heterocycles. The van der Waals surface area contributed by atoms with E-state index in [2.05, 4.69) is 6.92 Å². The van der Waals surface area contributed by atoms with Crippen molar-refractivity contribution in [3.05, 3.63) is 0 Å². The quantitative estimate of drug-likeness (QED) is 0.0396. The van der Waals surface area contributed by atoms with E-state index >= 15 is 0 Å². The second-order valence-electron chi connectivity index (χ2n) is 13.7. The van der Waals surface area contributed by atoms with Gasteiger partial charge in [-0.15, -0.1) is 0 Å². The molecule has 9 heteroatoms. The van der Waals surface area contributed by atoms with Gasteiger partial charge in [0.1, 0.15) is 0 Å². The van der Waals surface area contributed by atoms with Crippen LogP contribution in [0, 0.1) is 10.8 Å². The third-order valence-corrected chi connectivity index (χ3v) is 13.4. The molecule has 268 valence electrons. The summed E-state index contributed by atoms with van der Waals surface area (Å²) in [6, 6.07) is 0.730. The zero-order chi connectivity index (χ0) is 33.9. The fraction of sp³-hybridized carbons (Fsp3) is 0.944. The van der Waals surface area contributed by atoms with Crippen LogP contribution in [0.15, 0.2) is 0 Å². The Morgan fingerprint density at radius 1 is 0.600 bits per heavy atom. The maximum absolute atomic E-state index is 12.8. The first-order chi connectivity index (χ1) is 21.6. The van der Waals surface area contributed by atoms with E-state index < -0.39 is 19.6 Å². The van der Waals surface area contributed by atoms with Crippen LogP contribution in [0.25, 0.3) is 0 Å². The van der Waals surface area contributed by atoms with E-state index in [1.165, 1.54) is 97.0 Å². The van der Waals surface area contributed by atoms with E-state index in [1.54, 1.807) is 33.1 Å². The number of thioether (sulfide) groups is 1. The van der Waals surface area contributed by atoms with Crippen LogP contribution in [0.3, 0.4) is 0 Å². The van der Waals surface area contributed by atoms with Crippen molar-refractivity contribution in [3.63, 3.8) is 0 Å². The molecule has 0 heterocycles. The Morgan fingerprint density at radius 2 is 1.07 bits per heavy atom. The molecule has 0 bridgehead atoms. The lowest BCUT2D eigenvalue weighted by Crippen LogP contribution is -2.42. The highest BCUT2D eigenvalue weighted by Crippen LogP contribution is 2.34. The molecule has 7 nitrogen and oxygen atoms in total. The largest absolute Gasteiger partial charge is 0.500 e. The molecule has 45 heavy (non-hydrogen) atoms. The predicted octanol–water partition coefficient (Wildman–Crippen LogP) is 10.2. The second-order valence-corrected chi connectivity index (χ2v) is 17.9. The number of esters is 2. The molecule has 0 rings (SSSR count). The normalized spacial score (nSPS) is 13.5. The average molecular weight is 677 g/mol. The first-order valence-corrected chi connectivity index (χ1v) is 21.1. The van der Waals surface area contributed by atoms with Crippen LogP contribution in [-0.4, -0.2) is 67.3 Å². The average Bonchev–Trinajstić information content (AvgIpc) is 3.03. The standard InChI is InChI=1S/C36H72O7SSi/c1-9-10-11-12-13-14-15-16-17-18-19-20-21-22-23-24-29-43-33(37)35(2,3)27-25-28-36(4,34(38)39-5)32-44-30-26-31-45(40-6,41-7)42-8/h9-32H2,1-8H3. The van der Waals surface area contributed by atoms with E-state index in [1.807, 2.05) is 20.8 Å². The molecular formula is C36H72O7SSi. The fourth-order valence-electron chi connectivity index (χ4n) is 5.76. The summed E-state index contributed by atoms with van der Waals surface area (Å²) in [7, 11) is 3.74. The summed E-state index contributed by atoms with van der Waals surface area (Å²) in [6.07, 6.45) is 24.2. The van der Waals surface area contributed by atoms with Crippen molar-refractivity contribution < 1.29 is 32.3 Å². The molecule has 0 N–H and O–H groups in total. The van der Waals surface area contributed by atoms with Gasteiger partial charge in [0.2, 0.25) is 0 Å². The smallest absolute Gasteiger partial charge is 0.469 e. The molecule has 0 amide bonds. The number of ether oxygens (including phenoxy) is 2. The van der Waals surface area contributed by atoms with Crippen LogP contribution in [0.2, 0.25) is 6.04 Å². The first kappa shape index (κ1) is 44.4. The molecule has 0 spiro atoms. The van der Waals surface area contributed by atoms with E-state index in [0.29, 0.717) is 25.2 Å². The highest BCUT2D eigenvalue weighted by molar-refractivity contribution is 7.99. The van der Waals surface area contributed by atoms with Crippen LogP contribution in [0.5, 0.6) is 0 Å². The minimum atomic E-state index is -2.58. The SMILES string of the molecule is CCCCCCCCCCCCCCCCCCOC(=O)C(C)(C)CCCC(C)(CSCCC[Si](OC)(OC)OC)C(=O)OC. The van der Waals surface area contributed by atoms with Crippen molar-refractivity contribution in [2.75, 3.05) is 46.6 Å². The molecule has 0 aliphatic rings. The van der Waals surface area contributed by atoms with Crippen LogP contribution in [0.4, 0.5) is 0 Å². The number of unbranched alkanes of at least 4 members (excludes halogenated alkanes) is 15. The number of hydrogen-bond acceptors (Lipinski definition) is 8. The lowest BCUT2D eigenvalue weighted by Gasteiger charge is -2.29. The molecular weight excluding hydrogens is 605 g/mol. The highest BCUT2D eigenvalue weighted by Gasteiger charge is 2.38. The zero-order valence-electron chi connectivity index (χ0n) is 30.7. The number of methoxy groups -OCH3 is 1. The van der Waals surface area contributed by atoms with Gasteiger partial charge >= 0.3 is 20.7 Å². The second kappa shape index (κ2) is 27.3. The fourth-order valence-corrected chi connectivity index (χ4v) is 8.94. The van der Waals surface area contributed by atoms with Crippen molar-refractivity contribution in [3.8, 4) is 0 Å². The third kappa shape index (κ3) is 21.1. The summed E-state index contributed by atoms with van der Waals surface area (Å²) in [4.78, 5) is 25.5. The Balaban J connectivity index is 4.09. The van der Waals surface area contributed by atoms with E-state index in [-0.39, 0.29) is 11.9 Å². The predicted molar refractivity (Wildman–Crippen MR) is 192 cm³/mol. The molecule has 0 saturated heterocycles. The van der Waals surface area contributed by atoms with Crippen molar-refractivity contribution >= 4 is 32.5 Å². The molecule has 0 aromatic heterocycles. The van der Waals surface area contributed by atoms with Crippen LogP contribution < -0.4 is 0 Å². The van der Waals surface area contributed by atoms with Gasteiger partial charge in [-0.2, -0.15) is 11.8 Å². The summed E-state index contributed by atoms with van der Waals surface area (Å²) in [5.41, 5.74) is -1.18. The van der Waals surface area contributed by atoms with Crippen molar-refractivity contribution in [1.82, 2.24) is 0 Å². The Labute approximate surface area is 283 Å². The van der Waals surface area contributed by atoms with Crippen molar-refractivity contribution in [2.45, 2.75) is 162 Å². The van der Waals surface area contributed by atoms with Gasteiger partial charge in [0.15, 0.2) is 0 Å². The van der Waals surface area contributed by atoms with E-state index in [4.69, 9.17) is 22.8 Å². The van der Waals surface area contributed by atoms with Crippen molar-refractivity contribution in [2.24, 2.45) is 10.8 Å². The molecule has 0 aromatic carbocycles. The molecule has 1 unspecified atom stereocenters. The van der Waals surface area contributed by atoms with E-state index in [9.17, 15) is 9.59 Å².